The molecular formula is C12H18BrNS. The maximum Gasteiger partial charge on any atom is 0.0366 e. The van der Waals surface area contributed by atoms with Crippen molar-refractivity contribution in [2.45, 2.75) is 31.8 Å². The first-order valence-corrected chi connectivity index (χ1v) is 7.00. The molecule has 1 rings (SSSR count). The van der Waals surface area contributed by atoms with Crippen LogP contribution in [0, 0.1) is 5.92 Å². The molecule has 0 fully saturated rings. The lowest BCUT2D eigenvalue weighted by Gasteiger charge is -2.15. The van der Waals surface area contributed by atoms with E-state index in [0.717, 1.165) is 15.9 Å². The quantitative estimate of drug-likeness (QED) is 0.835. The van der Waals surface area contributed by atoms with E-state index >= 15 is 0 Å². The van der Waals surface area contributed by atoms with Gasteiger partial charge < -0.3 is 5.73 Å². The van der Waals surface area contributed by atoms with Gasteiger partial charge >= 0.3 is 0 Å². The molecule has 1 aromatic carbocycles. The zero-order valence-electron chi connectivity index (χ0n) is 9.46. The van der Waals surface area contributed by atoms with Crippen LogP contribution in [0.15, 0.2) is 22.7 Å². The first-order chi connectivity index (χ1) is 7.00. The van der Waals surface area contributed by atoms with Gasteiger partial charge in [0.15, 0.2) is 0 Å². The number of thioether (sulfide) groups is 1. The summed E-state index contributed by atoms with van der Waals surface area (Å²) >= 11 is 5.38. The maximum absolute atomic E-state index is 5.94. The predicted octanol–water partition coefficient (Wildman–Crippen LogP) is 4.31. The fourth-order valence-corrected chi connectivity index (χ4v) is 2.58. The highest BCUT2D eigenvalue weighted by atomic mass is 79.9. The molecular weight excluding hydrogens is 270 g/mol. The van der Waals surface area contributed by atoms with Crippen LogP contribution in [0.2, 0.25) is 0 Å². The smallest absolute Gasteiger partial charge is 0.0366 e. The molecule has 0 radical (unpaired) electrons. The third kappa shape index (κ3) is 4.07. The van der Waals surface area contributed by atoms with E-state index in [1.54, 1.807) is 0 Å². The number of hydrogen-bond donors (Lipinski definition) is 1. The summed E-state index contributed by atoms with van der Waals surface area (Å²) in [5.41, 5.74) is 8.05. The van der Waals surface area contributed by atoms with E-state index in [0.29, 0.717) is 11.2 Å². The van der Waals surface area contributed by atoms with Crippen LogP contribution in [0.25, 0.3) is 0 Å². The minimum atomic E-state index is 0.674. The Bertz CT molecular complexity index is 325. The van der Waals surface area contributed by atoms with E-state index in [-0.39, 0.29) is 0 Å². The van der Waals surface area contributed by atoms with Crippen LogP contribution in [0.1, 0.15) is 26.3 Å². The van der Waals surface area contributed by atoms with Crippen LogP contribution in [-0.4, -0.2) is 5.25 Å². The van der Waals surface area contributed by atoms with Gasteiger partial charge in [-0.1, -0.05) is 42.8 Å². The van der Waals surface area contributed by atoms with Crippen LogP contribution in [0.5, 0.6) is 0 Å². The lowest BCUT2D eigenvalue weighted by atomic mass is 10.2. The number of nitrogens with two attached hydrogens (primary N) is 1. The molecule has 0 aliphatic carbocycles. The number of anilines is 1. The maximum atomic E-state index is 5.94. The highest BCUT2D eigenvalue weighted by Gasteiger charge is 2.08. The largest absolute Gasteiger partial charge is 0.398 e. The molecule has 1 atom stereocenters. The summed E-state index contributed by atoms with van der Waals surface area (Å²) in [6.07, 6.45) is 0. The zero-order valence-corrected chi connectivity index (χ0v) is 11.9. The van der Waals surface area contributed by atoms with Crippen molar-refractivity contribution in [3.05, 3.63) is 28.2 Å². The molecule has 0 aliphatic rings. The Labute approximate surface area is 105 Å². The van der Waals surface area contributed by atoms with E-state index in [4.69, 9.17) is 5.73 Å². The molecule has 0 spiro atoms. The fraction of sp³-hybridized carbons (Fsp3) is 0.500. The van der Waals surface area contributed by atoms with Crippen LogP contribution in [0.3, 0.4) is 0 Å². The topological polar surface area (TPSA) is 26.0 Å². The second-order valence-electron chi connectivity index (χ2n) is 4.10. The summed E-state index contributed by atoms with van der Waals surface area (Å²) in [5.74, 6) is 1.71. The standard InChI is InChI=1S/C12H18BrNS/c1-8(2)9(3)15-7-10-4-5-11(13)6-12(10)14/h4-6,8-9H,7,14H2,1-3H3. The Hall–Kier alpha value is -0.150. The molecule has 15 heavy (non-hydrogen) atoms. The second kappa shape index (κ2) is 5.80. The monoisotopic (exact) mass is 287 g/mol. The average Bonchev–Trinajstić information content (AvgIpc) is 2.15. The van der Waals surface area contributed by atoms with Crippen molar-refractivity contribution in [1.82, 2.24) is 0 Å². The predicted molar refractivity (Wildman–Crippen MR) is 74.1 cm³/mol. The summed E-state index contributed by atoms with van der Waals surface area (Å²) in [6, 6.07) is 6.11. The van der Waals surface area contributed by atoms with Crippen molar-refractivity contribution in [1.29, 1.82) is 0 Å². The summed E-state index contributed by atoms with van der Waals surface area (Å²) < 4.78 is 1.05. The van der Waals surface area contributed by atoms with Gasteiger partial charge in [0, 0.05) is 21.2 Å². The summed E-state index contributed by atoms with van der Waals surface area (Å²) in [7, 11) is 0. The van der Waals surface area contributed by atoms with Crippen LogP contribution < -0.4 is 5.73 Å². The van der Waals surface area contributed by atoms with Crippen molar-refractivity contribution in [3.8, 4) is 0 Å². The Balaban J connectivity index is 2.58. The van der Waals surface area contributed by atoms with Crippen molar-refractivity contribution >= 4 is 33.4 Å². The van der Waals surface area contributed by atoms with Gasteiger partial charge in [-0.2, -0.15) is 11.8 Å². The van der Waals surface area contributed by atoms with Crippen molar-refractivity contribution in [3.63, 3.8) is 0 Å². The van der Waals surface area contributed by atoms with E-state index in [1.165, 1.54) is 5.56 Å². The number of nitrogen functional groups attached to an aromatic ring is 1. The Morgan fingerprint density at radius 3 is 2.53 bits per heavy atom. The van der Waals surface area contributed by atoms with E-state index in [2.05, 4.69) is 42.8 Å². The van der Waals surface area contributed by atoms with Crippen molar-refractivity contribution in [2.75, 3.05) is 5.73 Å². The molecule has 0 bridgehead atoms. The molecule has 0 aromatic heterocycles. The lowest BCUT2D eigenvalue weighted by Crippen LogP contribution is -2.06. The van der Waals surface area contributed by atoms with Crippen LogP contribution in [0.4, 0.5) is 5.69 Å². The summed E-state index contributed by atoms with van der Waals surface area (Å²) in [4.78, 5) is 0. The van der Waals surface area contributed by atoms with Gasteiger partial charge in [-0.25, -0.2) is 0 Å². The molecule has 0 aliphatic heterocycles. The first kappa shape index (κ1) is 12.9. The van der Waals surface area contributed by atoms with Gasteiger partial charge in [0.25, 0.3) is 0 Å². The first-order valence-electron chi connectivity index (χ1n) is 5.16. The normalized spacial score (nSPS) is 13.1. The van der Waals surface area contributed by atoms with E-state index in [1.807, 2.05) is 23.9 Å². The average molecular weight is 288 g/mol. The molecule has 1 aromatic rings. The van der Waals surface area contributed by atoms with Crippen LogP contribution in [-0.2, 0) is 5.75 Å². The van der Waals surface area contributed by atoms with E-state index < -0.39 is 0 Å². The molecule has 84 valence electrons. The van der Waals surface area contributed by atoms with Crippen molar-refractivity contribution < 1.29 is 0 Å². The molecule has 1 nitrogen and oxygen atoms in total. The lowest BCUT2D eigenvalue weighted by molar-refractivity contribution is 0.642. The van der Waals surface area contributed by atoms with Gasteiger partial charge in [-0.15, -0.1) is 0 Å². The number of hydrogen-bond acceptors (Lipinski definition) is 2. The number of rotatable bonds is 4. The number of halogens is 1. The molecule has 0 saturated carbocycles. The minimum Gasteiger partial charge on any atom is -0.398 e. The summed E-state index contributed by atoms with van der Waals surface area (Å²) in [5, 5.41) is 0.674. The third-order valence-electron chi connectivity index (χ3n) is 2.55. The zero-order chi connectivity index (χ0) is 11.4. The Morgan fingerprint density at radius 2 is 2.00 bits per heavy atom. The SMILES string of the molecule is CC(C)C(C)SCc1ccc(Br)cc1N. The molecule has 1 unspecified atom stereocenters. The second-order valence-corrected chi connectivity index (χ2v) is 6.38. The third-order valence-corrected chi connectivity index (χ3v) is 4.59. The summed E-state index contributed by atoms with van der Waals surface area (Å²) in [6.45, 7) is 6.77. The van der Waals surface area contributed by atoms with E-state index in [9.17, 15) is 0 Å². The molecule has 0 saturated heterocycles. The van der Waals surface area contributed by atoms with Crippen LogP contribution >= 0.6 is 27.7 Å². The highest BCUT2D eigenvalue weighted by molar-refractivity contribution is 9.10. The Morgan fingerprint density at radius 1 is 1.33 bits per heavy atom. The van der Waals surface area contributed by atoms with Crippen molar-refractivity contribution in [2.24, 2.45) is 5.92 Å². The van der Waals surface area contributed by atoms with Gasteiger partial charge in [-0.05, 0) is 23.6 Å². The Kier molecular flexibility index (Phi) is 5.00. The van der Waals surface area contributed by atoms with Gasteiger partial charge in [-0.3, -0.25) is 0 Å². The molecule has 0 heterocycles. The molecule has 0 amide bonds. The highest BCUT2D eigenvalue weighted by Crippen LogP contribution is 2.27. The molecule has 3 heteroatoms. The van der Waals surface area contributed by atoms with Gasteiger partial charge in [0.05, 0.1) is 0 Å². The molecule has 2 N–H and O–H groups in total. The minimum absolute atomic E-state index is 0.674. The fourth-order valence-electron chi connectivity index (χ4n) is 1.11. The number of benzene rings is 1. The van der Waals surface area contributed by atoms with Gasteiger partial charge in [0.2, 0.25) is 0 Å². The van der Waals surface area contributed by atoms with Gasteiger partial charge in [0.1, 0.15) is 0 Å².